The summed E-state index contributed by atoms with van der Waals surface area (Å²) in [4.78, 5) is 17.0. The highest BCUT2D eigenvalue weighted by molar-refractivity contribution is 6.20. The van der Waals surface area contributed by atoms with Crippen LogP contribution in [0.1, 0.15) is 52.2 Å². The fraction of sp³-hybridized carbons (Fsp3) is 0.217. The second-order valence-electron chi connectivity index (χ2n) is 8.00. The first-order valence-electron chi connectivity index (χ1n) is 9.10. The van der Waals surface area contributed by atoms with E-state index in [2.05, 4.69) is 55.2 Å². The molecule has 0 unspecified atom stereocenters. The summed E-state index contributed by atoms with van der Waals surface area (Å²) in [5.41, 5.74) is 8.50. The Morgan fingerprint density at radius 2 is 1.89 bits per heavy atom. The van der Waals surface area contributed by atoms with E-state index in [-0.39, 0.29) is 11.2 Å². The van der Waals surface area contributed by atoms with Crippen molar-refractivity contribution in [1.29, 1.82) is 0 Å². The second kappa shape index (κ2) is 5.19. The van der Waals surface area contributed by atoms with Crippen molar-refractivity contribution >= 4 is 16.7 Å². The Kier molecular flexibility index (Phi) is 3.09. The van der Waals surface area contributed by atoms with E-state index < -0.39 is 0 Å². The standard InChI is InChI=1S/C23H20N2O2/c1-12-5-6-15-19(7-12)25-22-20(15)21(26)17-8-13(2)16(14-10-24-27-11-14)9-18(17)23(22,3)4/h5-11,25H,1-4H3. The largest absolute Gasteiger partial charge is 0.364 e. The third-order valence-corrected chi connectivity index (χ3v) is 5.83. The number of hydrogen-bond acceptors (Lipinski definition) is 3. The lowest BCUT2D eigenvalue weighted by Crippen LogP contribution is -2.30. The summed E-state index contributed by atoms with van der Waals surface area (Å²) in [6, 6.07) is 10.4. The summed E-state index contributed by atoms with van der Waals surface area (Å²) in [6.45, 7) is 8.44. The Bertz CT molecular complexity index is 1230. The second-order valence-corrected chi connectivity index (χ2v) is 8.00. The lowest BCUT2D eigenvalue weighted by atomic mass is 9.70. The van der Waals surface area contributed by atoms with Crippen LogP contribution in [0.2, 0.25) is 0 Å². The van der Waals surface area contributed by atoms with Crippen LogP contribution in [0.3, 0.4) is 0 Å². The third-order valence-electron chi connectivity index (χ3n) is 5.83. The van der Waals surface area contributed by atoms with E-state index in [1.165, 1.54) is 5.56 Å². The van der Waals surface area contributed by atoms with Crippen molar-refractivity contribution in [2.45, 2.75) is 33.1 Å². The van der Waals surface area contributed by atoms with Crippen molar-refractivity contribution in [3.8, 4) is 11.1 Å². The Labute approximate surface area is 157 Å². The quantitative estimate of drug-likeness (QED) is 0.503. The maximum atomic E-state index is 13.5. The summed E-state index contributed by atoms with van der Waals surface area (Å²) in [5.74, 6) is 0.0920. The number of aromatic nitrogens is 2. The molecule has 0 aliphatic heterocycles. The molecule has 1 aliphatic rings. The molecule has 0 saturated carbocycles. The van der Waals surface area contributed by atoms with Gasteiger partial charge in [-0.25, -0.2) is 0 Å². The molecule has 0 radical (unpaired) electrons. The minimum atomic E-state index is -0.314. The number of carbonyl (C=O) groups is 1. The van der Waals surface area contributed by atoms with Gasteiger partial charge in [0, 0.05) is 33.1 Å². The van der Waals surface area contributed by atoms with Gasteiger partial charge in [-0.05, 0) is 54.3 Å². The summed E-state index contributed by atoms with van der Waals surface area (Å²) in [7, 11) is 0. The molecule has 4 nitrogen and oxygen atoms in total. The molecule has 0 fully saturated rings. The van der Waals surface area contributed by atoms with Crippen molar-refractivity contribution in [3.05, 3.63) is 76.3 Å². The zero-order valence-corrected chi connectivity index (χ0v) is 15.8. The molecule has 4 aromatic rings. The van der Waals surface area contributed by atoms with Crippen LogP contribution < -0.4 is 0 Å². The van der Waals surface area contributed by atoms with E-state index in [9.17, 15) is 4.79 Å². The molecule has 134 valence electrons. The van der Waals surface area contributed by atoms with E-state index in [0.717, 1.165) is 50.0 Å². The van der Waals surface area contributed by atoms with Crippen LogP contribution in [0.4, 0.5) is 0 Å². The molecular formula is C23H20N2O2. The van der Waals surface area contributed by atoms with Gasteiger partial charge in [-0.15, -0.1) is 0 Å². The van der Waals surface area contributed by atoms with Crippen molar-refractivity contribution in [2.75, 3.05) is 0 Å². The molecule has 0 amide bonds. The smallest absolute Gasteiger partial charge is 0.195 e. The van der Waals surface area contributed by atoms with Crippen LogP contribution in [0.15, 0.2) is 47.3 Å². The molecule has 0 atom stereocenters. The third kappa shape index (κ3) is 2.10. The van der Waals surface area contributed by atoms with Crippen LogP contribution in [0.5, 0.6) is 0 Å². The normalized spacial score (nSPS) is 15.0. The molecule has 0 bridgehead atoms. The first-order chi connectivity index (χ1) is 12.9. The van der Waals surface area contributed by atoms with E-state index in [0.29, 0.717) is 0 Å². The van der Waals surface area contributed by atoms with Gasteiger partial charge in [-0.3, -0.25) is 4.79 Å². The van der Waals surface area contributed by atoms with Gasteiger partial charge in [0.1, 0.15) is 6.26 Å². The van der Waals surface area contributed by atoms with E-state index >= 15 is 0 Å². The molecule has 27 heavy (non-hydrogen) atoms. The van der Waals surface area contributed by atoms with Crippen LogP contribution >= 0.6 is 0 Å². The van der Waals surface area contributed by atoms with Crippen LogP contribution in [-0.4, -0.2) is 15.9 Å². The molecule has 2 aromatic heterocycles. The summed E-state index contributed by atoms with van der Waals surface area (Å²) >= 11 is 0. The number of benzene rings is 2. The number of fused-ring (bicyclic) bond motifs is 4. The van der Waals surface area contributed by atoms with Gasteiger partial charge >= 0.3 is 0 Å². The van der Waals surface area contributed by atoms with Gasteiger partial charge in [0.25, 0.3) is 0 Å². The van der Waals surface area contributed by atoms with E-state index in [1.807, 2.05) is 13.0 Å². The van der Waals surface area contributed by atoms with Gasteiger partial charge in [-0.1, -0.05) is 31.1 Å². The highest BCUT2D eigenvalue weighted by atomic mass is 16.5. The highest BCUT2D eigenvalue weighted by Crippen LogP contribution is 2.45. The number of aryl methyl sites for hydroxylation is 2. The molecule has 1 aliphatic carbocycles. The van der Waals surface area contributed by atoms with Crippen molar-refractivity contribution < 1.29 is 9.32 Å². The number of nitrogens with one attached hydrogen (secondary N) is 1. The first kappa shape index (κ1) is 16.1. The van der Waals surface area contributed by atoms with Crippen LogP contribution in [0.25, 0.3) is 22.0 Å². The van der Waals surface area contributed by atoms with Gasteiger partial charge in [-0.2, -0.15) is 0 Å². The number of hydrogen-bond donors (Lipinski definition) is 1. The Morgan fingerprint density at radius 1 is 1.07 bits per heavy atom. The molecule has 0 spiro atoms. The zero-order chi connectivity index (χ0) is 18.9. The van der Waals surface area contributed by atoms with E-state index in [1.54, 1.807) is 12.5 Å². The lowest BCUT2D eigenvalue weighted by Gasteiger charge is -2.33. The topological polar surface area (TPSA) is 58.9 Å². The number of rotatable bonds is 1. The number of H-pyrrole nitrogens is 1. The Morgan fingerprint density at radius 3 is 2.63 bits per heavy atom. The maximum Gasteiger partial charge on any atom is 0.195 e. The summed E-state index contributed by atoms with van der Waals surface area (Å²) in [5, 5.41) is 4.83. The predicted molar refractivity (Wildman–Crippen MR) is 105 cm³/mol. The van der Waals surface area contributed by atoms with Crippen molar-refractivity contribution in [1.82, 2.24) is 10.1 Å². The van der Waals surface area contributed by atoms with Gasteiger partial charge in [0.15, 0.2) is 5.78 Å². The SMILES string of the molecule is Cc1ccc2c3c([nH]c2c1)C(C)(C)c1cc(-c2cnoc2)c(C)cc1C3=O. The Balaban J connectivity index is 1.82. The average molecular weight is 356 g/mol. The maximum absolute atomic E-state index is 13.5. The molecule has 2 aromatic carbocycles. The Hall–Kier alpha value is -3.14. The van der Waals surface area contributed by atoms with Crippen LogP contribution in [-0.2, 0) is 5.41 Å². The zero-order valence-electron chi connectivity index (χ0n) is 15.8. The van der Waals surface area contributed by atoms with Gasteiger partial charge in [0.2, 0.25) is 0 Å². The molecule has 1 N–H and O–H groups in total. The predicted octanol–water partition coefficient (Wildman–Crippen LogP) is 5.31. The van der Waals surface area contributed by atoms with Gasteiger partial charge in [0.05, 0.1) is 11.8 Å². The first-order valence-corrected chi connectivity index (χ1v) is 9.10. The van der Waals surface area contributed by atoms with Crippen molar-refractivity contribution in [2.24, 2.45) is 0 Å². The number of aromatic amines is 1. The summed E-state index contributed by atoms with van der Waals surface area (Å²) < 4.78 is 5.03. The highest BCUT2D eigenvalue weighted by Gasteiger charge is 2.40. The number of nitrogens with zero attached hydrogens (tertiary/aromatic N) is 1. The number of ketones is 1. The molecular weight excluding hydrogens is 336 g/mol. The molecule has 0 saturated heterocycles. The molecule has 2 heterocycles. The van der Waals surface area contributed by atoms with Crippen LogP contribution in [0, 0.1) is 13.8 Å². The van der Waals surface area contributed by atoms with Gasteiger partial charge < -0.3 is 9.51 Å². The van der Waals surface area contributed by atoms with Crippen molar-refractivity contribution in [3.63, 3.8) is 0 Å². The molecule has 5 rings (SSSR count). The number of carbonyl (C=O) groups excluding carboxylic acids is 1. The average Bonchev–Trinajstić information content (AvgIpc) is 3.27. The lowest BCUT2D eigenvalue weighted by molar-refractivity contribution is 0.103. The monoisotopic (exact) mass is 356 g/mol. The molecule has 4 heteroatoms. The minimum absolute atomic E-state index is 0.0920. The summed E-state index contributed by atoms with van der Waals surface area (Å²) in [6.07, 6.45) is 3.35. The van der Waals surface area contributed by atoms with E-state index in [4.69, 9.17) is 4.52 Å². The fourth-order valence-corrected chi connectivity index (χ4v) is 4.35. The minimum Gasteiger partial charge on any atom is -0.364 e. The fourth-order valence-electron chi connectivity index (χ4n) is 4.35.